The molecule has 0 heterocycles. The first-order valence-corrected chi connectivity index (χ1v) is 6.02. The molecule has 0 saturated heterocycles. The maximum absolute atomic E-state index is 2.51. The fraction of sp³-hybridized carbons (Fsp3) is 1.00. The van der Waals surface area contributed by atoms with Crippen LogP contribution in [0.25, 0.3) is 0 Å². The van der Waals surface area contributed by atoms with Gasteiger partial charge in [0.15, 0.2) is 0 Å². The van der Waals surface area contributed by atoms with Crippen LogP contribution in [0.2, 0.25) is 0 Å². The highest BCUT2D eigenvalue weighted by molar-refractivity contribution is 4.52. The molecule has 86 valence electrons. The lowest BCUT2D eigenvalue weighted by atomic mass is 10.2. The average molecular weight is 201 g/mol. The van der Waals surface area contributed by atoms with Crippen molar-refractivity contribution in [3.8, 4) is 0 Å². The van der Waals surface area contributed by atoms with Gasteiger partial charge in [0.25, 0.3) is 0 Å². The Morgan fingerprint density at radius 1 is 0.857 bits per heavy atom. The van der Waals surface area contributed by atoms with Crippen molar-refractivity contribution in [3.63, 3.8) is 0 Å². The molecule has 0 aliphatic heterocycles. The molecule has 0 aromatic heterocycles. The Hall–Kier alpha value is -0.0800. The first-order chi connectivity index (χ1) is 6.49. The molecule has 2 heteroatoms. The van der Waals surface area contributed by atoms with Crippen molar-refractivity contribution >= 4 is 0 Å². The molecule has 0 amide bonds. The monoisotopic (exact) mass is 201 g/mol. The largest absolute Gasteiger partial charge is 0.331 e. The number of rotatable bonds is 8. The molecule has 0 fully saturated rings. The highest BCUT2D eigenvalue weighted by Crippen LogP contribution is 2.02. The molecule has 0 bridgehead atoms. The normalized spacial score (nSPS) is 12.4. The van der Waals surface area contributed by atoms with E-state index in [9.17, 15) is 0 Å². The maximum atomic E-state index is 2.51. The van der Waals surface area contributed by atoms with Crippen molar-refractivity contribution in [1.82, 2.24) is 4.90 Å². The van der Waals surface area contributed by atoms with Crippen LogP contribution < -0.4 is 0 Å². The number of quaternary nitrogens is 1. The van der Waals surface area contributed by atoms with E-state index in [1.807, 2.05) is 0 Å². The van der Waals surface area contributed by atoms with E-state index in [4.69, 9.17) is 0 Å². The van der Waals surface area contributed by atoms with Gasteiger partial charge in [0, 0.05) is 0 Å². The molecule has 0 saturated carbocycles. The quantitative estimate of drug-likeness (QED) is 0.430. The molecule has 0 rings (SSSR count). The van der Waals surface area contributed by atoms with Gasteiger partial charge in [0.1, 0.15) is 0 Å². The molecule has 2 nitrogen and oxygen atoms in total. The van der Waals surface area contributed by atoms with Crippen LogP contribution in [-0.2, 0) is 0 Å². The smallest absolute Gasteiger partial charge is 0.0780 e. The van der Waals surface area contributed by atoms with Gasteiger partial charge in [-0.1, -0.05) is 13.8 Å². The van der Waals surface area contributed by atoms with Crippen molar-refractivity contribution < 1.29 is 4.48 Å². The molecule has 0 aromatic carbocycles. The second-order valence-corrected chi connectivity index (χ2v) is 5.10. The zero-order valence-electron chi connectivity index (χ0n) is 10.8. The van der Waals surface area contributed by atoms with Crippen molar-refractivity contribution in [3.05, 3.63) is 0 Å². The molecule has 0 unspecified atom stereocenters. The predicted octanol–water partition coefficient (Wildman–Crippen LogP) is 2.20. The summed E-state index contributed by atoms with van der Waals surface area (Å²) in [5.74, 6) is 0. The highest BCUT2D eigenvalue weighted by Gasteiger charge is 2.05. The summed E-state index contributed by atoms with van der Waals surface area (Å²) in [6, 6.07) is 0. The Labute approximate surface area is 90.5 Å². The van der Waals surface area contributed by atoms with Gasteiger partial charge >= 0.3 is 0 Å². The number of hydrogen-bond donors (Lipinski definition) is 0. The topological polar surface area (TPSA) is 3.24 Å². The molecule has 0 aromatic rings. The van der Waals surface area contributed by atoms with Crippen molar-refractivity contribution in [1.29, 1.82) is 0 Å². The molecule has 0 atom stereocenters. The SMILES string of the molecule is CCN(CC)CCCCC[N+](C)(C)C. The third-order valence-electron chi connectivity index (χ3n) is 2.70. The first-order valence-electron chi connectivity index (χ1n) is 6.02. The van der Waals surface area contributed by atoms with Crippen molar-refractivity contribution in [2.24, 2.45) is 0 Å². The third kappa shape index (κ3) is 8.52. The number of unbranched alkanes of at least 4 members (excludes halogenated alkanes) is 2. The summed E-state index contributed by atoms with van der Waals surface area (Å²) in [5.41, 5.74) is 0. The van der Waals surface area contributed by atoms with Crippen molar-refractivity contribution in [2.75, 3.05) is 47.3 Å². The highest BCUT2D eigenvalue weighted by atomic mass is 15.3. The molecule has 0 spiro atoms. The standard InChI is InChI=1S/C12H29N2/c1-6-13(7-2)11-9-8-10-12-14(3,4)5/h6-12H2,1-5H3/q+1. The summed E-state index contributed by atoms with van der Waals surface area (Å²) in [6.45, 7) is 9.48. The van der Waals surface area contributed by atoms with E-state index in [0.29, 0.717) is 0 Å². The van der Waals surface area contributed by atoms with Crippen LogP contribution in [0.1, 0.15) is 33.1 Å². The second-order valence-electron chi connectivity index (χ2n) is 5.10. The van der Waals surface area contributed by atoms with Crippen LogP contribution in [0.3, 0.4) is 0 Å². The summed E-state index contributed by atoms with van der Waals surface area (Å²) in [4.78, 5) is 2.51. The minimum Gasteiger partial charge on any atom is -0.331 e. The average Bonchev–Trinajstić information content (AvgIpc) is 2.09. The molecule has 0 aliphatic rings. The third-order valence-corrected chi connectivity index (χ3v) is 2.70. The van der Waals surface area contributed by atoms with Crippen LogP contribution in [0.15, 0.2) is 0 Å². The minimum absolute atomic E-state index is 1.10. The van der Waals surface area contributed by atoms with E-state index >= 15 is 0 Å². The van der Waals surface area contributed by atoms with Gasteiger partial charge in [0.05, 0.1) is 27.7 Å². The lowest BCUT2D eigenvalue weighted by Gasteiger charge is -2.24. The van der Waals surface area contributed by atoms with Gasteiger partial charge in [-0.05, 0) is 38.9 Å². The van der Waals surface area contributed by atoms with Gasteiger partial charge in [-0.25, -0.2) is 0 Å². The summed E-state index contributed by atoms with van der Waals surface area (Å²) in [6.07, 6.45) is 4.11. The van der Waals surface area contributed by atoms with E-state index in [1.54, 1.807) is 0 Å². The molecule has 0 aliphatic carbocycles. The summed E-state index contributed by atoms with van der Waals surface area (Å²) < 4.78 is 1.10. The van der Waals surface area contributed by atoms with Gasteiger partial charge in [-0.15, -0.1) is 0 Å². The zero-order chi connectivity index (χ0) is 11.0. The Morgan fingerprint density at radius 3 is 1.86 bits per heavy atom. The molecular formula is C12H29N2+. The summed E-state index contributed by atoms with van der Waals surface area (Å²) in [7, 11) is 6.80. The molecular weight excluding hydrogens is 172 g/mol. The van der Waals surface area contributed by atoms with Crippen LogP contribution >= 0.6 is 0 Å². The van der Waals surface area contributed by atoms with E-state index < -0.39 is 0 Å². The van der Waals surface area contributed by atoms with Gasteiger partial charge in [-0.2, -0.15) is 0 Å². The van der Waals surface area contributed by atoms with Gasteiger partial charge in [0.2, 0.25) is 0 Å². The molecule has 0 radical (unpaired) electrons. The van der Waals surface area contributed by atoms with Crippen LogP contribution in [0.4, 0.5) is 0 Å². The Kier molecular flexibility index (Phi) is 7.20. The van der Waals surface area contributed by atoms with Crippen LogP contribution in [0.5, 0.6) is 0 Å². The van der Waals surface area contributed by atoms with Crippen LogP contribution in [0, 0.1) is 0 Å². The molecule has 0 N–H and O–H groups in total. The van der Waals surface area contributed by atoms with E-state index in [-0.39, 0.29) is 0 Å². The summed E-state index contributed by atoms with van der Waals surface area (Å²) >= 11 is 0. The second kappa shape index (κ2) is 7.24. The van der Waals surface area contributed by atoms with Gasteiger partial charge < -0.3 is 9.38 Å². The Morgan fingerprint density at radius 2 is 1.43 bits per heavy atom. The first kappa shape index (κ1) is 13.9. The fourth-order valence-electron chi connectivity index (χ4n) is 1.64. The minimum atomic E-state index is 1.10. The lowest BCUT2D eigenvalue weighted by molar-refractivity contribution is -0.870. The van der Waals surface area contributed by atoms with Crippen LogP contribution in [-0.4, -0.2) is 56.7 Å². The predicted molar refractivity (Wildman–Crippen MR) is 64.5 cm³/mol. The zero-order valence-corrected chi connectivity index (χ0v) is 10.8. The van der Waals surface area contributed by atoms with E-state index in [2.05, 4.69) is 39.9 Å². The lowest BCUT2D eigenvalue weighted by Crippen LogP contribution is -2.35. The summed E-state index contributed by atoms with van der Waals surface area (Å²) in [5, 5.41) is 0. The van der Waals surface area contributed by atoms with Gasteiger partial charge in [-0.3, -0.25) is 0 Å². The molecule has 14 heavy (non-hydrogen) atoms. The Balaban J connectivity index is 3.29. The van der Waals surface area contributed by atoms with Crippen molar-refractivity contribution in [2.45, 2.75) is 33.1 Å². The fourth-order valence-corrected chi connectivity index (χ4v) is 1.64. The maximum Gasteiger partial charge on any atom is 0.0780 e. The van der Waals surface area contributed by atoms with E-state index in [0.717, 1.165) is 4.48 Å². The number of hydrogen-bond acceptors (Lipinski definition) is 1. The van der Waals surface area contributed by atoms with E-state index in [1.165, 1.54) is 45.4 Å². The number of nitrogens with zero attached hydrogens (tertiary/aromatic N) is 2. The Bertz CT molecular complexity index is 123.